The van der Waals surface area contributed by atoms with E-state index in [1.165, 1.54) is 6.92 Å². The summed E-state index contributed by atoms with van der Waals surface area (Å²) in [4.78, 5) is 10.6. The quantitative estimate of drug-likeness (QED) is 0.577. The van der Waals surface area contributed by atoms with Crippen LogP contribution in [-0.2, 0) is 4.79 Å². The second-order valence-electron chi connectivity index (χ2n) is 3.37. The van der Waals surface area contributed by atoms with Crippen LogP contribution in [0.15, 0.2) is 24.3 Å². The van der Waals surface area contributed by atoms with E-state index < -0.39 is 0 Å². The summed E-state index contributed by atoms with van der Waals surface area (Å²) >= 11 is 10.8. The molecule has 0 bridgehead atoms. The number of amides is 1. The van der Waals surface area contributed by atoms with Crippen molar-refractivity contribution in [2.24, 2.45) is 0 Å². The van der Waals surface area contributed by atoms with Gasteiger partial charge in [-0.1, -0.05) is 11.6 Å². The van der Waals surface area contributed by atoms with E-state index in [4.69, 9.17) is 23.8 Å². The molecule has 0 aromatic heterocycles. The average Bonchev–Trinajstić information content (AvgIpc) is 2.27. The van der Waals surface area contributed by atoms with Crippen molar-refractivity contribution in [2.45, 2.75) is 6.92 Å². The molecule has 6 heteroatoms. The number of hydrogen-bond donors (Lipinski definition) is 3. The number of halogens is 1. The van der Waals surface area contributed by atoms with E-state index >= 15 is 0 Å². The molecule has 3 N–H and O–H groups in total. The number of carbonyl (C=O) groups excluding carboxylic acids is 1. The molecule has 0 aliphatic rings. The minimum Gasteiger partial charge on any atom is -0.361 e. The lowest BCUT2D eigenvalue weighted by Crippen LogP contribution is -2.35. The third kappa shape index (κ3) is 6.09. The molecule has 0 saturated carbocycles. The van der Waals surface area contributed by atoms with Crippen molar-refractivity contribution in [1.29, 1.82) is 0 Å². The van der Waals surface area contributed by atoms with Gasteiger partial charge >= 0.3 is 0 Å². The molecule has 0 atom stereocenters. The van der Waals surface area contributed by atoms with Crippen LogP contribution in [0.4, 0.5) is 5.69 Å². The molecular formula is C11H14ClN3OS. The first kappa shape index (κ1) is 13.7. The van der Waals surface area contributed by atoms with Crippen LogP contribution in [0.5, 0.6) is 0 Å². The highest BCUT2D eigenvalue weighted by Crippen LogP contribution is 2.12. The van der Waals surface area contributed by atoms with E-state index in [2.05, 4.69) is 16.0 Å². The van der Waals surface area contributed by atoms with Gasteiger partial charge in [0.2, 0.25) is 5.91 Å². The number of rotatable bonds is 4. The number of hydrogen-bond acceptors (Lipinski definition) is 2. The van der Waals surface area contributed by atoms with Gasteiger partial charge < -0.3 is 16.0 Å². The summed E-state index contributed by atoms with van der Waals surface area (Å²) < 4.78 is 0. The predicted octanol–water partition coefficient (Wildman–Crippen LogP) is 1.76. The van der Waals surface area contributed by atoms with Crippen molar-refractivity contribution < 1.29 is 4.79 Å². The molecule has 92 valence electrons. The Morgan fingerprint density at radius 3 is 2.41 bits per heavy atom. The van der Waals surface area contributed by atoms with Crippen LogP contribution in [-0.4, -0.2) is 24.1 Å². The first-order valence-electron chi connectivity index (χ1n) is 5.13. The maximum atomic E-state index is 10.6. The Labute approximate surface area is 111 Å². The van der Waals surface area contributed by atoms with Gasteiger partial charge in [0.05, 0.1) is 0 Å². The summed E-state index contributed by atoms with van der Waals surface area (Å²) in [5.74, 6) is -0.0524. The zero-order valence-electron chi connectivity index (χ0n) is 9.42. The molecule has 0 spiro atoms. The van der Waals surface area contributed by atoms with Crippen LogP contribution in [0.25, 0.3) is 0 Å². The summed E-state index contributed by atoms with van der Waals surface area (Å²) in [7, 11) is 0. The lowest BCUT2D eigenvalue weighted by atomic mass is 10.3. The van der Waals surface area contributed by atoms with Gasteiger partial charge in [-0.3, -0.25) is 4.79 Å². The Bertz CT molecular complexity index is 394. The van der Waals surface area contributed by atoms with Crippen molar-refractivity contribution in [3.05, 3.63) is 29.3 Å². The van der Waals surface area contributed by atoms with E-state index in [0.29, 0.717) is 23.2 Å². The molecule has 4 nitrogen and oxygen atoms in total. The predicted molar refractivity (Wildman–Crippen MR) is 74.4 cm³/mol. The average molecular weight is 272 g/mol. The van der Waals surface area contributed by atoms with Gasteiger partial charge in [-0.05, 0) is 36.5 Å². The third-order valence-electron chi connectivity index (χ3n) is 1.89. The van der Waals surface area contributed by atoms with Gasteiger partial charge in [0.25, 0.3) is 0 Å². The summed E-state index contributed by atoms with van der Waals surface area (Å²) in [6.45, 7) is 2.60. The van der Waals surface area contributed by atoms with Gasteiger partial charge in [0, 0.05) is 30.7 Å². The zero-order chi connectivity index (χ0) is 12.7. The van der Waals surface area contributed by atoms with Gasteiger partial charge in [0.1, 0.15) is 0 Å². The largest absolute Gasteiger partial charge is 0.361 e. The van der Waals surface area contributed by atoms with Gasteiger partial charge in [-0.2, -0.15) is 0 Å². The zero-order valence-corrected chi connectivity index (χ0v) is 11.0. The van der Waals surface area contributed by atoms with Crippen molar-refractivity contribution in [3.8, 4) is 0 Å². The maximum absolute atomic E-state index is 10.6. The molecular weight excluding hydrogens is 258 g/mol. The second-order valence-corrected chi connectivity index (χ2v) is 4.22. The van der Waals surface area contributed by atoms with Gasteiger partial charge in [0.15, 0.2) is 5.11 Å². The highest BCUT2D eigenvalue weighted by atomic mass is 35.5. The SMILES string of the molecule is CC(=O)NCCNC(=S)Nc1ccc(Cl)cc1. The molecule has 0 unspecified atom stereocenters. The molecule has 0 aliphatic heterocycles. The fourth-order valence-electron chi connectivity index (χ4n) is 1.12. The first-order chi connectivity index (χ1) is 8.08. The first-order valence-corrected chi connectivity index (χ1v) is 5.91. The van der Waals surface area contributed by atoms with E-state index in [1.54, 1.807) is 12.1 Å². The van der Waals surface area contributed by atoms with E-state index in [-0.39, 0.29) is 5.91 Å². The molecule has 0 aliphatic carbocycles. The van der Waals surface area contributed by atoms with Crippen molar-refractivity contribution in [2.75, 3.05) is 18.4 Å². The Balaban J connectivity index is 2.25. The van der Waals surface area contributed by atoms with Gasteiger partial charge in [-0.15, -0.1) is 0 Å². The Morgan fingerprint density at radius 1 is 1.24 bits per heavy atom. The third-order valence-corrected chi connectivity index (χ3v) is 2.38. The standard InChI is InChI=1S/C11H14ClN3OS/c1-8(16)13-6-7-14-11(17)15-10-4-2-9(12)3-5-10/h2-5H,6-7H2,1H3,(H,13,16)(H2,14,15,17). The van der Waals surface area contributed by atoms with E-state index in [1.807, 2.05) is 12.1 Å². The molecule has 1 aromatic carbocycles. The van der Waals surface area contributed by atoms with Crippen LogP contribution in [0.2, 0.25) is 5.02 Å². The molecule has 0 saturated heterocycles. The number of thiocarbonyl (C=S) groups is 1. The lowest BCUT2D eigenvalue weighted by molar-refractivity contribution is -0.118. The molecule has 1 aromatic rings. The van der Waals surface area contributed by atoms with Crippen LogP contribution in [0.1, 0.15) is 6.92 Å². The topological polar surface area (TPSA) is 53.2 Å². The van der Waals surface area contributed by atoms with Crippen molar-refractivity contribution >= 4 is 40.5 Å². The molecule has 1 amide bonds. The molecule has 0 radical (unpaired) electrons. The van der Waals surface area contributed by atoms with Crippen LogP contribution >= 0.6 is 23.8 Å². The number of anilines is 1. The number of carbonyl (C=O) groups is 1. The maximum Gasteiger partial charge on any atom is 0.216 e. The monoisotopic (exact) mass is 271 g/mol. The normalized spacial score (nSPS) is 9.53. The van der Waals surface area contributed by atoms with Crippen molar-refractivity contribution in [1.82, 2.24) is 10.6 Å². The number of nitrogens with one attached hydrogen (secondary N) is 3. The molecule has 0 heterocycles. The Hall–Kier alpha value is -1.33. The van der Waals surface area contributed by atoms with Crippen LogP contribution < -0.4 is 16.0 Å². The summed E-state index contributed by atoms with van der Waals surface area (Å²) in [5, 5.41) is 9.84. The molecule has 17 heavy (non-hydrogen) atoms. The fraction of sp³-hybridized carbons (Fsp3) is 0.273. The highest BCUT2D eigenvalue weighted by molar-refractivity contribution is 7.80. The highest BCUT2D eigenvalue weighted by Gasteiger charge is 1.97. The summed E-state index contributed by atoms with van der Waals surface area (Å²) in [6, 6.07) is 7.24. The second kappa shape index (κ2) is 7.09. The van der Waals surface area contributed by atoms with Crippen LogP contribution in [0.3, 0.4) is 0 Å². The summed E-state index contributed by atoms with van der Waals surface area (Å²) in [6.07, 6.45) is 0. The van der Waals surface area contributed by atoms with E-state index in [0.717, 1.165) is 5.69 Å². The fourth-order valence-corrected chi connectivity index (χ4v) is 1.47. The Kier molecular flexibility index (Phi) is 5.72. The molecule has 1 rings (SSSR count). The van der Waals surface area contributed by atoms with E-state index in [9.17, 15) is 4.79 Å². The number of benzene rings is 1. The Morgan fingerprint density at radius 2 is 1.82 bits per heavy atom. The minimum absolute atomic E-state index is 0.0524. The lowest BCUT2D eigenvalue weighted by Gasteiger charge is -2.10. The van der Waals surface area contributed by atoms with Crippen LogP contribution in [0, 0.1) is 0 Å². The molecule has 0 fully saturated rings. The summed E-state index contributed by atoms with van der Waals surface area (Å²) in [5.41, 5.74) is 0.867. The van der Waals surface area contributed by atoms with Crippen molar-refractivity contribution in [3.63, 3.8) is 0 Å². The smallest absolute Gasteiger partial charge is 0.216 e. The van der Waals surface area contributed by atoms with Gasteiger partial charge in [-0.25, -0.2) is 0 Å². The minimum atomic E-state index is -0.0524.